The molecule has 1 fully saturated rings. The number of hydrogen-bond acceptors (Lipinski definition) is 4. The smallest absolute Gasteiger partial charge is 0.255 e. The molecule has 6 nitrogen and oxygen atoms in total. The number of piperidine rings is 1. The van der Waals surface area contributed by atoms with Crippen molar-refractivity contribution in [2.45, 2.75) is 32.1 Å². The van der Waals surface area contributed by atoms with E-state index in [1.54, 1.807) is 18.2 Å². The predicted molar refractivity (Wildman–Crippen MR) is 109 cm³/mol. The molecule has 2 N–H and O–H groups in total. The molecular weight excluding hydrogens is 376 g/mol. The minimum Gasteiger partial charge on any atom is -0.506 e. The number of phenols is 1. The number of rotatable bonds is 4. The second-order valence-electron chi connectivity index (χ2n) is 7.77. The standard InChI is InChI=1S/C21H26N2O4S/c1-14-4-9-19(20(24)11-14)22-21(25)17-5-7-18(8-6-17)28(26,27)23-12-15(2)10-16(3)13-23/h4-9,11,15-16,24H,10,12-13H2,1-3H3,(H,22,25)/t15-,16-/m0/s1. The number of aryl methyl sites for hydroxylation is 1. The Morgan fingerprint density at radius 1 is 1.07 bits per heavy atom. The molecule has 2 aromatic carbocycles. The van der Waals surface area contributed by atoms with Gasteiger partial charge in [0.15, 0.2) is 0 Å². The van der Waals surface area contributed by atoms with Gasteiger partial charge in [-0.3, -0.25) is 4.79 Å². The van der Waals surface area contributed by atoms with Crippen molar-refractivity contribution in [2.75, 3.05) is 18.4 Å². The lowest BCUT2D eigenvalue weighted by molar-refractivity contribution is 0.102. The van der Waals surface area contributed by atoms with E-state index in [2.05, 4.69) is 19.2 Å². The maximum atomic E-state index is 12.9. The van der Waals surface area contributed by atoms with Crippen molar-refractivity contribution >= 4 is 21.6 Å². The SMILES string of the molecule is Cc1ccc(NC(=O)c2ccc(S(=O)(=O)N3C[C@@H](C)C[C@H](C)C3)cc2)c(O)c1. The number of phenolic OH excluding ortho intramolecular Hbond substituents is 1. The van der Waals surface area contributed by atoms with Crippen LogP contribution in [0.5, 0.6) is 5.75 Å². The van der Waals surface area contributed by atoms with Crippen LogP contribution < -0.4 is 5.32 Å². The van der Waals surface area contributed by atoms with Gasteiger partial charge >= 0.3 is 0 Å². The van der Waals surface area contributed by atoms with Gasteiger partial charge in [-0.05, 0) is 67.1 Å². The van der Waals surface area contributed by atoms with Crippen LogP contribution in [0.2, 0.25) is 0 Å². The van der Waals surface area contributed by atoms with Crippen molar-refractivity contribution in [2.24, 2.45) is 11.8 Å². The highest BCUT2D eigenvalue weighted by molar-refractivity contribution is 7.89. The van der Waals surface area contributed by atoms with Crippen LogP contribution in [0, 0.1) is 18.8 Å². The van der Waals surface area contributed by atoms with Crippen molar-refractivity contribution in [1.82, 2.24) is 4.31 Å². The lowest BCUT2D eigenvalue weighted by atomic mass is 9.94. The first-order valence-electron chi connectivity index (χ1n) is 9.38. The van der Waals surface area contributed by atoms with E-state index >= 15 is 0 Å². The third-order valence-corrected chi connectivity index (χ3v) is 6.84. The molecule has 0 aromatic heterocycles. The highest BCUT2D eigenvalue weighted by Gasteiger charge is 2.31. The van der Waals surface area contributed by atoms with E-state index in [0.29, 0.717) is 36.2 Å². The van der Waals surface area contributed by atoms with Crippen molar-refractivity contribution in [3.8, 4) is 5.75 Å². The summed E-state index contributed by atoms with van der Waals surface area (Å²) in [7, 11) is -3.58. The van der Waals surface area contributed by atoms with Crippen molar-refractivity contribution in [1.29, 1.82) is 0 Å². The zero-order valence-corrected chi connectivity index (χ0v) is 17.2. The van der Waals surface area contributed by atoms with Crippen LogP contribution in [0.15, 0.2) is 47.4 Å². The monoisotopic (exact) mass is 402 g/mol. The Kier molecular flexibility index (Phi) is 5.76. The molecule has 1 heterocycles. The Morgan fingerprint density at radius 2 is 1.68 bits per heavy atom. The van der Waals surface area contributed by atoms with Gasteiger partial charge in [0, 0.05) is 18.7 Å². The molecule has 1 saturated heterocycles. The van der Waals surface area contributed by atoms with E-state index in [9.17, 15) is 18.3 Å². The maximum Gasteiger partial charge on any atom is 0.255 e. The summed E-state index contributed by atoms with van der Waals surface area (Å²) in [6.45, 7) is 7.00. The van der Waals surface area contributed by atoms with Crippen LogP contribution in [0.4, 0.5) is 5.69 Å². The molecule has 0 aliphatic carbocycles. The molecule has 0 radical (unpaired) electrons. The van der Waals surface area contributed by atoms with Crippen molar-refractivity contribution in [3.63, 3.8) is 0 Å². The predicted octanol–water partition coefficient (Wildman–Crippen LogP) is 3.62. The van der Waals surface area contributed by atoms with E-state index in [0.717, 1.165) is 12.0 Å². The van der Waals surface area contributed by atoms with Crippen LogP contribution in [0.1, 0.15) is 36.2 Å². The van der Waals surface area contributed by atoms with Gasteiger partial charge in [-0.15, -0.1) is 0 Å². The number of anilines is 1. The summed E-state index contributed by atoms with van der Waals surface area (Å²) in [5.41, 5.74) is 1.51. The summed E-state index contributed by atoms with van der Waals surface area (Å²) in [5, 5.41) is 12.6. The fourth-order valence-corrected chi connectivity index (χ4v) is 5.35. The van der Waals surface area contributed by atoms with E-state index in [-0.39, 0.29) is 10.6 Å². The van der Waals surface area contributed by atoms with Gasteiger partial charge in [-0.1, -0.05) is 19.9 Å². The average molecular weight is 403 g/mol. The molecular formula is C21H26N2O4S. The molecule has 150 valence electrons. The summed E-state index contributed by atoms with van der Waals surface area (Å²) >= 11 is 0. The Balaban J connectivity index is 1.76. The largest absolute Gasteiger partial charge is 0.506 e. The number of nitrogens with one attached hydrogen (secondary N) is 1. The van der Waals surface area contributed by atoms with Gasteiger partial charge in [0.05, 0.1) is 10.6 Å². The minimum atomic E-state index is -3.58. The fraction of sp³-hybridized carbons (Fsp3) is 0.381. The number of nitrogens with zero attached hydrogens (tertiary/aromatic N) is 1. The summed E-state index contributed by atoms with van der Waals surface area (Å²) < 4.78 is 27.4. The maximum absolute atomic E-state index is 12.9. The first kappa shape index (κ1) is 20.4. The Hall–Kier alpha value is -2.38. The number of hydrogen-bond donors (Lipinski definition) is 2. The summed E-state index contributed by atoms with van der Waals surface area (Å²) in [6.07, 6.45) is 1.02. The van der Waals surface area contributed by atoms with Crippen LogP contribution in [0.3, 0.4) is 0 Å². The van der Waals surface area contributed by atoms with Gasteiger partial charge in [-0.25, -0.2) is 8.42 Å². The molecule has 7 heteroatoms. The zero-order valence-electron chi connectivity index (χ0n) is 16.3. The zero-order chi connectivity index (χ0) is 20.5. The second kappa shape index (κ2) is 7.93. The molecule has 0 unspecified atom stereocenters. The van der Waals surface area contributed by atoms with Crippen molar-refractivity contribution in [3.05, 3.63) is 53.6 Å². The summed E-state index contributed by atoms with van der Waals surface area (Å²) in [4.78, 5) is 12.6. The van der Waals surface area contributed by atoms with Crippen LogP contribution >= 0.6 is 0 Å². The first-order chi connectivity index (χ1) is 13.2. The summed E-state index contributed by atoms with van der Waals surface area (Å²) in [6, 6.07) is 10.9. The van der Waals surface area contributed by atoms with E-state index in [4.69, 9.17) is 0 Å². The van der Waals surface area contributed by atoms with Gasteiger partial charge < -0.3 is 10.4 Å². The summed E-state index contributed by atoms with van der Waals surface area (Å²) in [5.74, 6) is 0.223. The Labute approximate surface area is 166 Å². The van der Waals surface area contributed by atoms with Gasteiger partial charge in [-0.2, -0.15) is 4.31 Å². The molecule has 1 aliphatic rings. The quantitative estimate of drug-likeness (QED) is 0.765. The molecule has 1 aliphatic heterocycles. The number of amides is 1. The van der Waals surface area contributed by atoms with Gasteiger partial charge in [0.25, 0.3) is 5.91 Å². The number of carbonyl (C=O) groups excluding carboxylic acids is 1. The molecule has 1 amide bonds. The number of aromatic hydroxyl groups is 1. The highest BCUT2D eigenvalue weighted by Crippen LogP contribution is 2.27. The Morgan fingerprint density at radius 3 is 2.25 bits per heavy atom. The van der Waals surface area contributed by atoms with Crippen LogP contribution in [-0.4, -0.2) is 36.8 Å². The lowest BCUT2D eigenvalue weighted by Gasteiger charge is -2.34. The van der Waals surface area contributed by atoms with Crippen LogP contribution in [0.25, 0.3) is 0 Å². The molecule has 2 atom stereocenters. The lowest BCUT2D eigenvalue weighted by Crippen LogP contribution is -2.42. The highest BCUT2D eigenvalue weighted by atomic mass is 32.2. The van der Waals surface area contributed by atoms with E-state index in [1.807, 2.05) is 6.92 Å². The second-order valence-corrected chi connectivity index (χ2v) is 9.71. The van der Waals surface area contributed by atoms with Gasteiger partial charge in [0.2, 0.25) is 10.0 Å². The molecule has 28 heavy (non-hydrogen) atoms. The topological polar surface area (TPSA) is 86.7 Å². The normalized spacial score (nSPS) is 20.7. The first-order valence-corrected chi connectivity index (χ1v) is 10.8. The number of sulfonamides is 1. The average Bonchev–Trinajstić information content (AvgIpc) is 2.63. The molecule has 0 spiro atoms. The molecule has 0 bridgehead atoms. The fourth-order valence-electron chi connectivity index (χ4n) is 3.67. The van der Waals surface area contributed by atoms with Crippen LogP contribution in [-0.2, 0) is 10.0 Å². The number of benzene rings is 2. The third kappa shape index (κ3) is 4.36. The Bertz CT molecular complexity index is 960. The molecule has 2 aromatic rings. The number of carbonyl (C=O) groups is 1. The minimum absolute atomic E-state index is 0.0131. The molecule has 0 saturated carbocycles. The molecule has 3 rings (SSSR count). The van der Waals surface area contributed by atoms with Crippen molar-refractivity contribution < 1.29 is 18.3 Å². The van der Waals surface area contributed by atoms with E-state index in [1.165, 1.54) is 28.6 Å². The van der Waals surface area contributed by atoms with Gasteiger partial charge in [0.1, 0.15) is 5.75 Å². The van der Waals surface area contributed by atoms with E-state index < -0.39 is 15.9 Å². The third-order valence-electron chi connectivity index (χ3n) is 4.99.